The van der Waals surface area contributed by atoms with E-state index in [1.54, 1.807) is 6.07 Å². The number of hydrogen-bond acceptors (Lipinski definition) is 7. The zero-order valence-corrected chi connectivity index (χ0v) is 18.8. The predicted molar refractivity (Wildman–Crippen MR) is 124 cm³/mol. The first-order chi connectivity index (χ1) is 15.5. The number of anilines is 1. The number of non-ortho nitro benzene ring substituents is 1. The molecular formula is C23H31N6O3+. The van der Waals surface area contributed by atoms with Crippen LogP contribution in [0.4, 0.5) is 22.7 Å². The van der Waals surface area contributed by atoms with Gasteiger partial charge in [-0.3, -0.25) is 15.0 Å². The van der Waals surface area contributed by atoms with Crippen LogP contribution in [0.5, 0.6) is 5.75 Å². The predicted octanol–water partition coefficient (Wildman–Crippen LogP) is 3.99. The minimum absolute atomic E-state index is 0.0400. The van der Waals surface area contributed by atoms with E-state index in [1.165, 1.54) is 75.2 Å². The highest BCUT2D eigenvalue weighted by atomic mass is 16.6. The molecule has 9 heteroatoms. The van der Waals surface area contributed by atoms with Crippen molar-refractivity contribution in [3.63, 3.8) is 0 Å². The molecule has 0 aromatic heterocycles. The van der Waals surface area contributed by atoms with Crippen molar-refractivity contribution < 1.29 is 14.1 Å². The fourth-order valence-corrected chi connectivity index (χ4v) is 4.57. The van der Waals surface area contributed by atoms with Crippen molar-refractivity contribution >= 4 is 22.7 Å². The topological polar surface area (TPSA) is 83.6 Å². The van der Waals surface area contributed by atoms with Gasteiger partial charge < -0.3 is 14.1 Å². The van der Waals surface area contributed by atoms with E-state index < -0.39 is 4.92 Å². The lowest BCUT2D eigenvalue weighted by Gasteiger charge is -2.51. The third-order valence-electron chi connectivity index (χ3n) is 6.76. The van der Waals surface area contributed by atoms with Crippen molar-refractivity contribution in [1.29, 1.82) is 0 Å². The van der Waals surface area contributed by atoms with Gasteiger partial charge in [0, 0.05) is 37.9 Å². The summed E-state index contributed by atoms with van der Waals surface area (Å²) in [7, 11) is 1.46. The number of rotatable bonds is 9. The van der Waals surface area contributed by atoms with E-state index in [1.807, 2.05) is 12.1 Å². The SMILES string of the molecule is CCN(CC[N+]12CCN(CC1)CC2)c1ccc(N=Nc2ccc([N+](=O)[O-])cc2OC)cc1. The maximum Gasteiger partial charge on any atom is 0.273 e. The Balaban J connectivity index is 1.40. The highest BCUT2D eigenvalue weighted by Gasteiger charge is 2.38. The molecule has 0 unspecified atom stereocenters. The van der Waals surface area contributed by atoms with Gasteiger partial charge in [0.1, 0.15) is 5.69 Å². The molecule has 0 radical (unpaired) electrons. The number of fused-ring (bicyclic) bond motifs is 3. The van der Waals surface area contributed by atoms with Gasteiger partial charge in [-0.2, -0.15) is 5.11 Å². The van der Waals surface area contributed by atoms with Gasteiger partial charge in [-0.25, -0.2) is 0 Å². The van der Waals surface area contributed by atoms with Crippen LogP contribution in [0.2, 0.25) is 0 Å². The third kappa shape index (κ3) is 4.89. The Morgan fingerprint density at radius 3 is 2.38 bits per heavy atom. The second-order valence-corrected chi connectivity index (χ2v) is 8.49. The molecule has 0 atom stereocenters. The molecule has 3 aliphatic rings. The summed E-state index contributed by atoms with van der Waals surface area (Å²) in [6, 6.07) is 12.4. The van der Waals surface area contributed by atoms with Gasteiger partial charge in [-0.05, 0) is 37.3 Å². The molecule has 3 aliphatic heterocycles. The number of likely N-dealkylation sites (N-methyl/N-ethyl adjacent to an activating group) is 1. The minimum atomic E-state index is -0.461. The molecule has 32 heavy (non-hydrogen) atoms. The van der Waals surface area contributed by atoms with Crippen LogP contribution in [0.3, 0.4) is 0 Å². The molecule has 0 spiro atoms. The van der Waals surface area contributed by atoms with Crippen molar-refractivity contribution in [3.05, 3.63) is 52.6 Å². The largest absolute Gasteiger partial charge is 0.494 e. The number of piperazine rings is 3. The first kappa shape index (κ1) is 22.2. The maximum absolute atomic E-state index is 10.9. The quantitative estimate of drug-likeness (QED) is 0.255. The number of ether oxygens (including phenoxy) is 1. The lowest BCUT2D eigenvalue weighted by molar-refractivity contribution is -0.939. The van der Waals surface area contributed by atoms with Crippen molar-refractivity contribution in [2.75, 3.05) is 70.9 Å². The Bertz CT molecular complexity index is 956. The lowest BCUT2D eigenvalue weighted by Crippen LogP contribution is -2.68. The van der Waals surface area contributed by atoms with Gasteiger partial charge in [0.15, 0.2) is 5.75 Å². The fraction of sp³-hybridized carbons (Fsp3) is 0.478. The highest BCUT2D eigenvalue weighted by Crippen LogP contribution is 2.33. The summed E-state index contributed by atoms with van der Waals surface area (Å²) in [5, 5.41) is 19.4. The van der Waals surface area contributed by atoms with E-state index in [2.05, 4.69) is 39.1 Å². The van der Waals surface area contributed by atoms with Gasteiger partial charge in [-0.15, -0.1) is 5.11 Å². The molecule has 3 heterocycles. The third-order valence-corrected chi connectivity index (χ3v) is 6.76. The number of quaternary nitrogens is 1. The summed E-state index contributed by atoms with van der Waals surface area (Å²) in [5.74, 6) is 0.322. The van der Waals surface area contributed by atoms with E-state index >= 15 is 0 Å². The zero-order chi connectivity index (χ0) is 22.6. The van der Waals surface area contributed by atoms with Gasteiger partial charge in [0.25, 0.3) is 5.69 Å². The van der Waals surface area contributed by atoms with Gasteiger partial charge in [-0.1, -0.05) is 0 Å². The highest BCUT2D eigenvalue weighted by molar-refractivity contribution is 5.57. The molecule has 0 aliphatic carbocycles. The smallest absolute Gasteiger partial charge is 0.273 e. The van der Waals surface area contributed by atoms with E-state index in [0.29, 0.717) is 11.4 Å². The Morgan fingerprint density at radius 1 is 1.09 bits per heavy atom. The average Bonchev–Trinajstić information content (AvgIpc) is 2.84. The molecule has 0 N–H and O–H groups in total. The van der Waals surface area contributed by atoms with E-state index in [-0.39, 0.29) is 5.69 Å². The number of hydrogen-bond donors (Lipinski definition) is 0. The molecule has 0 saturated carbocycles. The van der Waals surface area contributed by atoms with Crippen molar-refractivity contribution in [2.24, 2.45) is 10.2 Å². The van der Waals surface area contributed by atoms with Crippen LogP contribution in [-0.4, -0.2) is 80.3 Å². The molecule has 0 amide bonds. The Hall–Kier alpha value is -3.04. The van der Waals surface area contributed by atoms with Crippen LogP contribution in [0.15, 0.2) is 52.7 Å². The standard InChI is InChI=1S/C23H31N6O3/c1-3-27(13-17-29-14-10-26(11-15-29)12-16-29)20-6-4-19(5-7-20)24-25-22-9-8-21(28(30)31)18-23(22)32-2/h4-9,18H,3,10-17H2,1-2H3/q+1. The maximum atomic E-state index is 10.9. The normalized spacial score (nSPS) is 22.2. The molecular weight excluding hydrogens is 408 g/mol. The monoisotopic (exact) mass is 439 g/mol. The van der Waals surface area contributed by atoms with Gasteiger partial charge in [0.2, 0.25) is 0 Å². The summed E-state index contributed by atoms with van der Waals surface area (Å²) in [6.07, 6.45) is 0. The fourth-order valence-electron chi connectivity index (χ4n) is 4.57. The Kier molecular flexibility index (Phi) is 6.66. The summed E-state index contributed by atoms with van der Waals surface area (Å²) >= 11 is 0. The van der Waals surface area contributed by atoms with Crippen LogP contribution in [0.25, 0.3) is 0 Å². The number of nitro groups is 1. The van der Waals surface area contributed by atoms with Crippen LogP contribution >= 0.6 is 0 Å². The molecule has 2 bridgehead atoms. The summed E-state index contributed by atoms with van der Waals surface area (Å²) in [4.78, 5) is 15.5. The molecule has 2 aromatic rings. The molecule has 9 nitrogen and oxygen atoms in total. The van der Waals surface area contributed by atoms with E-state index in [4.69, 9.17) is 4.74 Å². The first-order valence-electron chi connectivity index (χ1n) is 11.2. The second kappa shape index (κ2) is 9.62. The Labute approximate surface area is 188 Å². The molecule has 2 aromatic carbocycles. The van der Waals surface area contributed by atoms with E-state index in [0.717, 1.165) is 18.8 Å². The zero-order valence-electron chi connectivity index (χ0n) is 18.8. The van der Waals surface area contributed by atoms with Crippen molar-refractivity contribution in [2.45, 2.75) is 6.92 Å². The summed E-state index contributed by atoms with van der Waals surface area (Å²) < 4.78 is 6.48. The summed E-state index contributed by atoms with van der Waals surface area (Å²) in [6.45, 7) is 13.0. The van der Waals surface area contributed by atoms with Crippen molar-refractivity contribution in [3.8, 4) is 5.75 Å². The number of nitrogens with zero attached hydrogens (tertiary/aromatic N) is 6. The lowest BCUT2D eigenvalue weighted by atomic mass is 10.1. The molecule has 5 rings (SSSR count). The van der Waals surface area contributed by atoms with Gasteiger partial charge in [0.05, 0.1) is 56.5 Å². The van der Waals surface area contributed by atoms with Crippen molar-refractivity contribution in [1.82, 2.24) is 4.90 Å². The number of benzene rings is 2. The number of azo groups is 1. The number of methoxy groups -OCH3 is 1. The average molecular weight is 440 g/mol. The second-order valence-electron chi connectivity index (χ2n) is 8.49. The Morgan fingerprint density at radius 2 is 1.78 bits per heavy atom. The van der Waals surface area contributed by atoms with E-state index in [9.17, 15) is 10.1 Å². The van der Waals surface area contributed by atoms with Crippen LogP contribution < -0.4 is 9.64 Å². The first-order valence-corrected chi connectivity index (χ1v) is 11.2. The van der Waals surface area contributed by atoms with Gasteiger partial charge >= 0.3 is 0 Å². The van der Waals surface area contributed by atoms with Crippen LogP contribution in [0.1, 0.15) is 6.92 Å². The molecule has 3 saturated heterocycles. The molecule has 3 fully saturated rings. The van der Waals surface area contributed by atoms with Crippen LogP contribution in [0, 0.1) is 10.1 Å². The number of nitro benzene ring substituents is 1. The molecule has 170 valence electrons. The van der Waals surface area contributed by atoms with Crippen LogP contribution in [-0.2, 0) is 0 Å². The minimum Gasteiger partial charge on any atom is -0.494 e. The summed E-state index contributed by atoms with van der Waals surface area (Å²) in [5.41, 5.74) is 2.32.